The van der Waals surface area contributed by atoms with Gasteiger partial charge in [-0.25, -0.2) is 9.97 Å². The normalized spacial score (nSPS) is 19.6. The predicted octanol–water partition coefficient (Wildman–Crippen LogP) is 1.06. The van der Waals surface area contributed by atoms with E-state index in [4.69, 9.17) is 4.74 Å². The van der Waals surface area contributed by atoms with E-state index in [1.807, 2.05) is 6.26 Å². The third-order valence-corrected chi connectivity index (χ3v) is 3.40. The minimum atomic E-state index is -0.0165. The highest BCUT2D eigenvalue weighted by Gasteiger charge is 2.26. The van der Waals surface area contributed by atoms with Crippen molar-refractivity contribution in [2.45, 2.75) is 17.7 Å². The number of ether oxygens (including phenoxy) is 1. The van der Waals surface area contributed by atoms with E-state index in [9.17, 15) is 4.79 Å². The maximum Gasteiger partial charge on any atom is 0.257 e. The Hall–Kier alpha value is -1.14. The lowest BCUT2D eigenvalue weighted by Gasteiger charge is -2.15. The van der Waals surface area contributed by atoms with Crippen molar-refractivity contribution >= 4 is 17.7 Å². The fraction of sp³-hybridized carbons (Fsp3) is 0.545. The Morgan fingerprint density at radius 1 is 1.53 bits per heavy atom. The lowest BCUT2D eigenvalue weighted by Crippen LogP contribution is -2.30. The van der Waals surface area contributed by atoms with Crippen molar-refractivity contribution in [3.05, 3.63) is 18.0 Å². The van der Waals surface area contributed by atoms with E-state index in [-0.39, 0.29) is 12.0 Å². The van der Waals surface area contributed by atoms with Gasteiger partial charge in [0.25, 0.3) is 5.91 Å². The molecule has 5 nitrogen and oxygen atoms in total. The van der Waals surface area contributed by atoms with E-state index in [0.717, 1.165) is 13.0 Å². The summed E-state index contributed by atoms with van der Waals surface area (Å²) in [6.45, 7) is 1.39. The van der Waals surface area contributed by atoms with Crippen LogP contribution in [0.4, 0.5) is 0 Å². The van der Waals surface area contributed by atoms with E-state index < -0.39 is 0 Å². The van der Waals surface area contributed by atoms with Gasteiger partial charge in [-0.3, -0.25) is 4.79 Å². The number of carbonyl (C=O) groups is 1. The topological polar surface area (TPSA) is 55.3 Å². The number of rotatable bonds is 3. The van der Waals surface area contributed by atoms with Crippen molar-refractivity contribution in [1.29, 1.82) is 0 Å². The van der Waals surface area contributed by atoms with Gasteiger partial charge < -0.3 is 9.64 Å². The van der Waals surface area contributed by atoms with Crippen LogP contribution in [0.5, 0.6) is 0 Å². The Bertz CT molecular complexity index is 396. The second-order valence-electron chi connectivity index (χ2n) is 3.86. The molecule has 1 atom stereocenters. The summed E-state index contributed by atoms with van der Waals surface area (Å²) in [5.41, 5.74) is 0.541. The zero-order valence-electron chi connectivity index (χ0n) is 9.92. The van der Waals surface area contributed by atoms with Crippen LogP contribution in [0.3, 0.4) is 0 Å². The number of thioether (sulfide) groups is 1. The van der Waals surface area contributed by atoms with Crippen LogP contribution < -0.4 is 0 Å². The second-order valence-corrected chi connectivity index (χ2v) is 4.63. The Kier molecular flexibility index (Phi) is 3.96. The number of methoxy groups -OCH3 is 1. The van der Waals surface area contributed by atoms with Gasteiger partial charge in [-0.2, -0.15) is 0 Å². The van der Waals surface area contributed by atoms with Crippen LogP contribution in [-0.4, -0.2) is 53.3 Å². The van der Waals surface area contributed by atoms with E-state index in [0.29, 0.717) is 17.3 Å². The van der Waals surface area contributed by atoms with Gasteiger partial charge in [0.2, 0.25) is 0 Å². The first-order valence-electron chi connectivity index (χ1n) is 5.42. The molecule has 0 aromatic carbocycles. The molecular weight excluding hydrogens is 238 g/mol. The van der Waals surface area contributed by atoms with Crippen LogP contribution in [0, 0.1) is 0 Å². The number of hydrogen-bond donors (Lipinski definition) is 0. The molecule has 6 heteroatoms. The molecule has 2 heterocycles. The molecule has 0 radical (unpaired) electrons. The summed E-state index contributed by atoms with van der Waals surface area (Å²) in [6.07, 6.45) is 6.13. The van der Waals surface area contributed by atoms with E-state index in [1.165, 1.54) is 11.8 Å². The lowest BCUT2D eigenvalue weighted by molar-refractivity contribution is 0.0723. The van der Waals surface area contributed by atoms with Crippen LogP contribution in [0.25, 0.3) is 0 Å². The molecule has 17 heavy (non-hydrogen) atoms. The summed E-state index contributed by atoms with van der Waals surface area (Å²) < 4.78 is 5.24. The lowest BCUT2D eigenvalue weighted by atomic mass is 10.3. The molecule has 1 aliphatic heterocycles. The van der Waals surface area contributed by atoms with E-state index in [2.05, 4.69) is 9.97 Å². The average molecular weight is 253 g/mol. The number of likely N-dealkylation sites (tertiary alicyclic amines) is 1. The molecule has 0 unspecified atom stereocenters. The molecule has 0 saturated carbocycles. The second kappa shape index (κ2) is 5.46. The van der Waals surface area contributed by atoms with Crippen LogP contribution >= 0.6 is 11.8 Å². The summed E-state index contributed by atoms with van der Waals surface area (Å²) in [6, 6.07) is 0. The first-order chi connectivity index (χ1) is 8.24. The van der Waals surface area contributed by atoms with Crippen molar-refractivity contribution < 1.29 is 9.53 Å². The molecule has 1 aromatic rings. The van der Waals surface area contributed by atoms with Gasteiger partial charge in [0.1, 0.15) is 0 Å². The van der Waals surface area contributed by atoms with Crippen LogP contribution in [0.15, 0.2) is 17.6 Å². The minimum absolute atomic E-state index is 0.0165. The van der Waals surface area contributed by atoms with Crippen LogP contribution in [-0.2, 0) is 4.74 Å². The Balaban J connectivity index is 2.04. The zero-order valence-corrected chi connectivity index (χ0v) is 10.7. The Morgan fingerprint density at radius 2 is 2.24 bits per heavy atom. The van der Waals surface area contributed by atoms with E-state index >= 15 is 0 Å². The summed E-state index contributed by atoms with van der Waals surface area (Å²) in [7, 11) is 1.68. The average Bonchev–Trinajstić information content (AvgIpc) is 2.87. The molecule has 1 aliphatic rings. The fourth-order valence-electron chi connectivity index (χ4n) is 1.82. The standard InChI is InChI=1S/C11H15N3O2S/c1-16-9-3-4-14(7-9)10(15)8-5-12-11(17-2)13-6-8/h5-6,9H,3-4,7H2,1-2H3/t9-/m0/s1. The van der Waals surface area contributed by atoms with Gasteiger partial charge in [0, 0.05) is 32.6 Å². The van der Waals surface area contributed by atoms with Crippen molar-refractivity contribution in [1.82, 2.24) is 14.9 Å². The summed E-state index contributed by atoms with van der Waals surface area (Å²) in [5.74, 6) is -0.0165. The van der Waals surface area contributed by atoms with Gasteiger partial charge >= 0.3 is 0 Å². The van der Waals surface area contributed by atoms with Crippen LogP contribution in [0.1, 0.15) is 16.8 Å². The van der Waals surface area contributed by atoms with Gasteiger partial charge in [0.15, 0.2) is 5.16 Å². The summed E-state index contributed by atoms with van der Waals surface area (Å²) in [5, 5.41) is 0.678. The van der Waals surface area contributed by atoms with Crippen molar-refractivity contribution in [2.24, 2.45) is 0 Å². The Labute approximate surface area is 105 Å². The number of aromatic nitrogens is 2. The molecule has 0 N–H and O–H groups in total. The first kappa shape index (κ1) is 12.3. The van der Waals surface area contributed by atoms with Gasteiger partial charge in [0.05, 0.1) is 11.7 Å². The smallest absolute Gasteiger partial charge is 0.257 e. The minimum Gasteiger partial charge on any atom is -0.380 e. The van der Waals surface area contributed by atoms with Gasteiger partial charge in [-0.15, -0.1) is 0 Å². The number of carbonyl (C=O) groups excluding carboxylic acids is 1. The van der Waals surface area contributed by atoms with Gasteiger partial charge in [-0.05, 0) is 12.7 Å². The SMILES string of the molecule is CO[C@H]1CCN(C(=O)c2cnc(SC)nc2)C1. The monoisotopic (exact) mass is 253 g/mol. The summed E-state index contributed by atoms with van der Waals surface area (Å²) >= 11 is 1.46. The molecule has 0 bridgehead atoms. The fourth-order valence-corrected chi connectivity index (χ4v) is 2.14. The number of amides is 1. The largest absolute Gasteiger partial charge is 0.380 e. The molecular formula is C11H15N3O2S. The molecule has 1 fully saturated rings. The molecule has 0 spiro atoms. The maximum atomic E-state index is 12.1. The predicted molar refractivity (Wildman–Crippen MR) is 65.1 cm³/mol. The molecule has 2 rings (SSSR count). The highest BCUT2D eigenvalue weighted by Crippen LogP contribution is 2.15. The molecule has 1 aromatic heterocycles. The molecule has 92 valence electrons. The van der Waals surface area contributed by atoms with Crippen molar-refractivity contribution in [3.8, 4) is 0 Å². The van der Waals surface area contributed by atoms with Crippen molar-refractivity contribution in [3.63, 3.8) is 0 Å². The Morgan fingerprint density at radius 3 is 2.76 bits per heavy atom. The van der Waals surface area contributed by atoms with E-state index in [1.54, 1.807) is 24.4 Å². The first-order valence-corrected chi connectivity index (χ1v) is 6.65. The molecule has 1 amide bonds. The maximum absolute atomic E-state index is 12.1. The molecule has 1 saturated heterocycles. The molecule has 0 aliphatic carbocycles. The van der Waals surface area contributed by atoms with Crippen LogP contribution in [0.2, 0.25) is 0 Å². The highest BCUT2D eigenvalue weighted by atomic mass is 32.2. The van der Waals surface area contributed by atoms with Crippen molar-refractivity contribution in [2.75, 3.05) is 26.5 Å². The highest BCUT2D eigenvalue weighted by molar-refractivity contribution is 7.98. The number of nitrogens with zero attached hydrogens (tertiary/aromatic N) is 3. The zero-order chi connectivity index (χ0) is 12.3. The summed E-state index contributed by atoms with van der Waals surface area (Å²) in [4.78, 5) is 22.1. The van der Waals surface area contributed by atoms with Gasteiger partial charge in [-0.1, -0.05) is 11.8 Å². The number of hydrogen-bond acceptors (Lipinski definition) is 5. The quantitative estimate of drug-likeness (QED) is 0.595. The third kappa shape index (κ3) is 2.76. The third-order valence-electron chi connectivity index (χ3n) is 2.82.